The lowest BCUT2D eigenvalue weighted by molar-refractivity contribution is -0.137. The lowest BCUT2D eigenvalue weighted by atomic mass is 10.2. The minimum absolute atomic E-state index is 0.00331. The molecule has 0 radical (unpaired) electrons. The molecular weight excluding hydrogens is 409 g/mol. The van der Waals surface area contributed by atoms with Crippen molar-refractivity contribution in [2.24, 2.45) is 0 Å². The molecule has 0 atom stereocenters. The minimum atomic E-state index is -4.62. The number of benzene rings is 1. The molecule has 2 aliphatic rings. The molecule has 2 aromatic rings. The summed E-state index contributed by atoms with van der Waals surface area (Å²) in [6.45, 7) is 1.82. The highest BCUT2D eigenvalue weighted by atomic mass is 32.2. The lowest BCUT2D eigenvalue weighted by Crippen LogP contribution is -2.56. The maximum atomic E-state index is 12.8. The summed E-state index contributed by atoms with van der Waals surface area (Å²) in [6, 6.07) is 7.03. The van der Waals surface area contributed by atoms with Crippen molar-refractivity contribution in [2.45, 2.75) is 43.0 Å². The summed E-state index contributed by atoms with van der Waals surface area (Å²) < 4.78 is 72.2. The van der Waals surface area contributed by atoms with Crippen LogP contribution < -0.4 is 10.3 Å². The zero-order valence-corrected chi connectivity index (χ0v) is 16.3. The highest BCUT2D eigenvalue weighted by Gasteiger charge is 2.39. The van der Waals surface area contributed by atoms with Crippen molar-refractivity contribution in [3.63, 3.8) is 0 Å². The second kappa shape index (κ2) is 6.88. The normalized spacial score (nSPS) is 18.5. The molecule has 0 unspecified atom stereocenters. The molecule has 2 heterocycles. The number of aryl methyl sites for hydroxylation is 1. The molecule has 1 saturated carbocycles. The van der Waals surface area contributed by atoms with E-state index in [0.717, 1.165) is 41.0 Å². The van der Waals surface area contributed by atoms with Crippen LogP contribution in [0.3, 0.4) is 0 Å². The standard InChI is InChI=1S/C19H19F3N2O4S/c1-12-7-15(9-18(25)24(12)14-5-6-14)28-16-10-23(11-16)29(26,27)17-4-2-3-13(8-17)19(20,21)22/h2-4,7-9,14,16H,5-6,10-11H2,1H3. The second-order valence-corrected chi connectivity index (χ2v) is 9.30. The number of ether oxygens (including phenoxy) is 1. The molecule has 2 fully saturated rings. The van der Waals surface area contributed by atoms with E-state index in [9.17, 15) is 26.4 Å². The Hall–Kier alpha value is -2.33. The van der Waals surface area contributed by atoms with Gasteiger partial charge in [0, 0.05) is 17.8 Å². The predicted octanol–water partition coefficient (Wildman–Crippen LogP) is 2.96. The molecule has 156 valence electrons. The summed E-state index contributed by atoms with van der Waals surface area (Å²) in [4.78, 5) is 11.8. The molecule has 10 heteroatoms. The maximum absolute atomic E-state index is 12.8. The van der Waals surface area contributed by atoms with Crippen LogP contribution in [0, 0.1) is 6.92 Å². The number of halogens is 3. The van der Waals surface area contributed by atoms with Gasteiger partial charge in [0.05, 0.1) is 23.5 Å². The average molecular weight is 428 g/mol. The molecule has 0 spiro atoms. The second-order valence-electron chi connectivity index (χ2n) is 7.36. The van der Waals surface area contributed by atoms with Crippen molar-refractivity contribution in [1.82, 2.24) is 8.87 Å². The average Bonchev–Trinajstić information content (AvgIpc) is 3.41. The molecule has 0 amide bonds. The van der Waals surface area contributed by atoms with Gasteiger partial charge in [-0.25, -0.2) is 8.42 Å². The summed E-state index contributed by atoms with van der Waals surface area (Å²) in [5, 5.41) is 0. The van der Waals surface area contributed by atoms with Gasteiger partial charge in [0.15, 0.2) is 0 Å². The smallest absolute Gasteiger partial charge is 0.416 e. The molecule has 4 rings (SSSR count). The molecule has 0 bridgehead atoms. The number of aromatic nitrogens is 1. The number of hydrogen-bond donors (Lipinski definition) is 0. The Morgan fingerprint density at radius 1 is 1.10 bits per heavy atom. The highest BCUT2D eigenvalue weighted by Crippen LogP contribution is 2.35. The highest BCUT2D eigenvalue weighted by molar-refractivity contribution is 7.89. The van der Waals surface area contributed by atoms with Crippen LogP contribution in [0.15, 0.2) is 46.1 Å². The SMILES string of the molecule is Cc1cc(OC2CN(S(=O)(=O)c3cccc(C(F)(F)F)c3)C2)cc(=O)n1C1CC1. The molecular formula is C19H19F3N2O4S. The van der Waals surface area contributed by atoms with E-state index in [1.54, 1.807) is 10.6 Å². The first-order valence-electron chi connectivity index (χ1n) is 9.13. The fourth-order valence-electron chi connectivity index (χ4n) is 3.40. The van der Waals surface area contributed by atoms with Gasteiger partial charge < -0.3 is 9.30 Å². The summed E-state index contributed by atoms with van der Waals surface area (Å²) >= 11 is 0. The topological polar surface area (TPSA) is 68.6 Å². The van der Waals surface area contributed by atoms with Gasteiger partial charge in [0.1, 0.15) is 11.9 Å². The van der Waals surface area contributed by atoms with Crippen molar-refractivity contribution >= 4 is 10.0 Å². The summed E-state index contributed by atoms with van der Waals surface area (Å²) in [5.41, 5.74) is -0.392. The lowest BCUT2D eigenvalue weighted by Gasteiger charge is -2.37. The Labute approximate surface area is 165 Å². The summed E-state index contributed by atoms with van der Waals surface area (Å²) in [7, 11) is -4.05. The Bertz CT molecular complexity index is 1100. The Morgan fingerprint density at radius 2 is 1.79 bits per heavy atom. The van der Waals surface area contributed by atoms with Crippen molar-refractivity contribution in [3.8, 4) is 5.75 Å². The zero-order valence-electron chi connectivity index (χ0n) is 15.5. The van der Waals surface area contributed by atoms with Crippen molar-refractivity contribution in [3.05, 3.63) is 58.0 Å². The van der Waals surface area contributed by atoms with E-state index in [1.165, 1.54) is 6.07 Å². The van der Waals surface area contributed by atoms with Gasteiger partial charge in [-0.05, 0) is 44.0 Å². The van der Waals surface area contributed by atoms with Crippen molar-refractivity contribution in [1.29, 1.82) is 0 Å². The Morgan fingerprint density at radius 3 is 2.38 bits per heavy atom. The van der Waals surface area contributed by atoms with E-state index < -0.39 is 32.8 Å². The monoisotopic (exact) mass is 428 g/mol. The number of nitrogens with zero attached hydrogens (tertiary/aromatic N) is 2. The van der Waals surface area contributed by atoms with Crippen LogP contribution in [-0.2, 0) is 16.2 Å². The van der Waals surface area contributed by atoms with Crippen LogP contribution in [-0.4, -0.2) is 36.5 Å². The summed E-state index contributed by atoms with van der Waals surface area (Å²) in [6.07, 6.45) is -3.13. The van der Waals surface area contributed by atoms with E-state index >= 15 is 0 Å². The van der Waals surface area contributed by atoms with Gasteiger partial charge in [0.2, 0.25) is 10.0 Å². The van der Waals surface area contributed by atoms with E-state index in [-0.39, 0.29) is 24.7 Å². The zero-order chi connectivity index (χ0) is 21.0. The fraction of sp³-hybridized carbons (Fsp3) is 0.421. The fourth-order valence-corrected chi connectivity index (χ4v) is 4.95. The van der Waals surface area contributed by atoms with Gasteiger partial charge in [-0.15, -0.1) is 0 Å². The van der Waals surface area contributed by atoms with E-state index in [0.29, 0.717) is 11.8 Å². The maximum Gasteiger partial charge on any atom is 0.416 e. The van der Waals surface area contributed by atoms with Gasteiger partial charge in [-0.3, -0.25) is 4.79 Å². The van der Waals surface area contributed by atoms with E-state index in [1.807, 2.05) is 6.92 Å². The van der Waals surface area contributed by atoms with Crippen LogP contribution >= 0.6 is 0 Å². The minimum Gasteiger partial charge on any atom is -0.487 e. The first-order valence-corrected chi connectivity index (χ1v) is 10.6. The van der Waals surface area contributed by atoms with E-state index in [2.05, 4.69) is 0 Å². The van der Waals surface area contributed by atoms with Crippen LogP contribution in [0.4, 0.5) is 13.2 Å². The number of alkyl halides is 3. The first kappa shape index (κ1) is 20.0. The van der Waals surface area contributed by atoms with Gasteiger partial charge in [0.25, 0.3) is 5.56 Å². The largest absolute Gasteiger partial charge is 0.487 e. The third-order valence-electron chi connectivity index (χ3n) is 5.06. The van der Waals surface area contributed by atoms with Gasteiger partial charge in [-0.2, -0.15) is 17.5 Å². The quantitative estimate of drug-likeness (QED) is 0.734. The first-order chi connectivity index (χ1) is 13.6. The molecule has 1 aromatic heterocycles. The van der Waals surface area contributed by atoms with Crippen LogP contribution in [0.5, 0.6) is 5.75 Å². The number of sulfonamides is 1. The Kier molecular flexibility index (Phi) is 4.73. The number of pyridine rings is 1. The third-order valence-corrected chi connectivity index (χ3v) is 6.89. The molecule has 6 nitrogen and oxygen atoms in total. The van der Waals surface area contributed by atoms with E-state index in [4.69, 9.17) is 4.74 Å². The number of hydrogen-bond acceptors (Lipinski definition) is 4. The van der Waals surface area contributed by atoms with Crippen LogP contribution in [0.25, 0.3) is 0 Å². The van der Waals surface area contributed by atoms with Crippen LogP contribution in [0.2, 0.25) is 0 Å². The molecule has 1 aromatic carbocycles. The number of rotatable bonds is 5. The molecule has 1 aliphatic heterocycles. The van der Waals surface area contributed by atoms with Crippen molar-refractivity contribution in [2.75, 3.05) is 13.1 Å². The molecule has 29 heavy (non-hydrogen) atoms. The molecule has 0 N–H and O–H groups in total. The molecule has 1 saturated heterocycles. The predicted molar refractivity (Wildman–Crippen MR) is 98.3 cm³/mol. The van der Waals surface area contributed by atoms with Gasteiger partial charge in [-0.1, -0.05) is 6.07 Å². The van der Waals surface area contributed by atoms with Crippen LogP contribution in [0.1, 0.15) is 30.1 Å². The molecule has 1 aliphatic carbocycles. The van der Waals surface area contributed by atoms with Crippen molar-refractivity contribution < 1.29 is 26.3 Å². The Balaban J connectivity index is 1.44. The van der Waals surface area contributed by atoms with Gasteiger partial charge >= 0.3 is 6.18 Å². The summed E-state index contributed by atoms with van der Waals surface area (Å²) in [5.74, 6) is 0.366. The third kappa shape index (κ3) is 3.91.